The Morgan fingerprint density at radius 1 is 1.16 bits per heavy atom. The zero-order valence-electron chi connectivity index (χ0n) is 10.3. The highest BCUT2D eigenvalue weighted by Crippen LogP contribution is 2.30. The predicted molar refractivity (Wildman–Crippen MR) is 86.7 cm³/mol. The third kappa shape index (κ3) is 3.82. The van der Waals surface area contributed by atoms with Gasteiger partial charge in [-0.15, -0.1) is 0 Å². The van der Waals surface area contributed by atoms with E-state index in [4.69, 9.17) is 11.6 Å². The van der Waals surface area contributed by atoms with Crippen LogP contribution in [0.2, 0.25) is 5.02 Å². The Hall–Kier alpha value is -0.350. The molecule has 1 N–H and O–H groups in total. The first-order chi connectivity index (χ1) is 8.97. The number of rotatable bonds is 3. The van der Waals surface area contributed by atoms with Gasteiger partial charge in [-0.2, -0.15) is 0 Å². The van der Waals surface area contributed by atoms with Gasteiger partial charge in [-0.1, -0.05) is 55.6 Å². The summed E-state index contributed by atoms with van der Waals surface area (Å²) < 4.78 is 1.84. The summed E-state index contributed by atoms with van der Waals surface area (Å²) in [7, 11) is 0. The minimum absolute atomic E-state index is 0.494. The molecule has 0 fully saturated rings. The third-order valence-electron chi connectivity index (χ3n) is 2.94. The standard InChI is InChI=1S/C15H13Br2ClO/c1-9-2-3-10(14(18)6-9)7-15(19)12-8-11(16)4-5-13(12)17/h2-6,8,15,19H,7H2,1H3. The smallest absolute Gasteiger partial charge is 0.0842 e. The number of aliphatic hydroxyl groups is 1. The lowest BCUT2D eigenvalue weighted by molar-refractivity contribution is 0.177. The molecule has 0 radical (unpaired) electrons. The van der Waals surface area contributed by atoms with Gasteiger partial charge in [0.15, 0.2) is 0 Å². The Labute approximate surface area is 134 Å². The number of aryl methyl sites for hydroxylation is 1. The van der Waals surface area contributed by atoms with E-state index in [1.54, 1.807) is 0 Å². The van der Waals surface area contributed by atoms with Gasteiger partial charge < -0.3 is 5.11 Å². The molecule has 0 bridgehead atoms. The monoisotopic (exact) mass is 402 g/mol. The van der Waals surface area contributed by atoms with E-state index in [1.807, 2.05) is 43.3 Å². The maximum atomic E-state index is 10.4. The van der Waals surface area contributed by atoms with Crippen molar-refractivity contribution in [2.75, 3.05) is 0 Å². The minimum Gasteiger partial charge on any atom is -0.388 e. The molecule has 100 valence electrons. The highest BCUT2D eigenvalue weighted by atomic mass is 79.9. The van der Waals surface area contributed by atoms with Crippen LogP contribution >= 0.6 is 43.5 Å². The molecule has 0 saturated heterocycles. The van der Waals surface area contributed by atoms with Crippen LogP contribution < -0.4 is 0 Å². The Kier molecular flexibility index (Phi) is 5.07. The van der Waals surface area contributed by atoms with Crippen LogP contribution in [0, 0.1) is 6.92 Å². The molecule has 19 heavy (non-hydrogen) atoms. The average molecular weight is 405 g/mol. The molecule has 1 nitrogen and oxygen atoms in total. The Bertz CT molecular complexity index is 599. The van der Waals surface area contributed by atoms with E-state index >= 15 is 0 Å². The molecule has 2 aromatic rings. The van der Waals surface area contributed by atoms with Crippen LogP contribution in [0.4, 0.5) is 0 Å². The van der Waals surface area contributed by atoms with Gasteiger partial charge in [0.25, 0.3) is 0 Å². The van der Waals surface area contributed by atoms with Crippen LogP contribution in [-0.2, 0) is 6.42 Å². The van der Waals surface area contributed by atoms with Crippen LogP contribution in [0.3, 0.4) is 0 Å². The first kappa shape index (κ1) is 15.0. The van der Waals surface area contributed by atoms with Gasteiger partial charge in [0.2, 0.25) is 0 Å². The van der Waals surface area contributed by atoms with E-state index in [2.05, 4.69) is 31.9 Å². The van der Waals surface area contributed by atoms with E-state index in [0.717, 1.165) is 25.6 Å². The van der Waals surface area contributed by atoms with Gasteiger partial charge in [-0.05, 0) is 47.9 Å². The highest BCUT2D eigenvalue weighted by Gasteiger charge is 2.14. The van der Waals surface area contributed by atoms with Crippen LogP contribution in [0.15, 0.2) is 45.3 Å². The summed E-state index contributed by atoms with van der Waals surface area (Å²) >= 11 is 13.1. The van der Waals surface area contributed by atoms with Crippen molar-refractivity contribution >= 4 is 43.5 Å². The first-order valence-electron chi connectivity index (χ1n) is 5.85. The molecule has 4 heteroatoms. The Balaban J connectivity index is 2.25. The van der Waals surface area contributed by atoms with E-state index in [9.17, 15) is 5.11 Å². The van der Waals surface area contributed by atoms with Crippen molar-refractivity contribution in [2.45, 2.75) is 19.4 Å². The number of hydrogen-bond donors (Lipinski definition) is 1. The second kappa shape index (κ2) is 6.40. The molecule has 0 aliphatic heterocycles. The normalized spacial score (nSPS) is 12.5. The van der Waals surface area contributed by atoms with Crippen molar-refractivity contribution in [3.63, 3.8) is 0 Å². The summed E-state index contributed by atoms with van der Waals surface area (Å²) in [6.07, 6.45) is -0.0965. The Morgan fingerprint density at radius 2 is 1.89 bits per heavy atom. The first-order valence-corrected chi connectivity index (χ1v) is 7.82. The number of halogens is 3. The van der Waals surface area contributed by atoms with Crippen LogP contribution in [0.5, 0.6) is 0 Å². The Morgan fingerprint density at radius 3 is 2.58 bits per heavy atom. The van der Waals surface area contributed by atoms with Gasteiger partial charge in [0.1, 0.15) is 0 Å². The summed E-state index contributed by atoms with van der Waals surface area (Å²) in [5, 5.41) is 11.1. The van der Waals surface area contributed by atoms with E-state index in [0.29, 0.717) is 11.4 Å². The van der Waals surface area contributed by atoms with Crippen LogP contribution in [0.25, 0.3) is 0 Å². The van der Waals surface area contributed by atoms with Gasteiger partial charge in [-0.3, -0.25) is 0 Å². The fourth-order valence-corrected chi connectivity index (χ4v) is 3.11. The fourth-order valence-electron chi connectivity index (χ4n) is 1.91. The molecule has 0 aliphatic carbocycles. The topological polar surface area (TPSA) is 20.2 Å². The lowest BCUT2D eigenvalue weighted by Crippen LogP contribution is -2.03. The fraction of sp³-hybridized carbons (Fsp3) is 0.200. The van der Waals surface area contributed by atoms with E-state index in [-0.39, 0.29) is 0 Å². The lowest BCUT2D eigenvalue weighted by atomic mass is 10.0. The number of aliphatic hydroxyl groups excluding tert-OH is 1. The summed E-state index contributed by atoms with van der Waals surface area (Å²) in [6, 6.07) is 11.6. The molecular weight excluding hydrogens is 391 g/mol. The summed E-state index contributed by atoms with van der Waals surface area (Å²) in [4.78, 5) is 0. The lowest BCUT2D eigenvalue weighted by Gasteiger charge is -2.14. The van der Waals surface area contributed by atoms with Crippen molar-refractivity contribution in [3.8, 4) is 0 Å². The molecule has 2 aromatic carbocycles. The molecule has 2 rings (SSSR count). The van der Waals surface area contributed by atoms with Crippen molar-refractivity contribution in [2.24, 2.45) is 0 Å². The molecule has 0 saturated carbocycles. The molecular formula is C15H13Br2ClO. The maximum Gasteiger partial charge on any atom is 0.0842 e. The second-order valence-electron chi connectivity index (χ2n) is 4.48. The summed E-state index contributed by atoms with van der Waals surface area (Å²) in [6.45, 7) is 2.00. The highest BCUT2D eigenvalue weighted by molar-refractivity contribution is 9.11. The molecule has 0 aromatic heterocycles. The molecule has 0 amide bonds. The largest absolute Gasteiger partial charge is 0.388 e. The molecule has 0 aliphatic rings. The van der Waals surface area contributed by atoms with Crippen LogP contribution in [-0.4, -0.2) is 5.11 Å². The second-order valence-corrected chi connectivity index (χ2v) is 6.66. The van der Waals surface area contributed by atoms with Crippen LogP contribution in [0.1, 0.15) is 22.8 Å². The number of benzene rings is 2. The SMILES string of the molecule is Cc1ccc(CC(O)c2cc(Br)ccc2Br)c(Cl)c1. The molecule has 1 atom stereocenters. The molecule has 1 unspecified atom stereocenters. The summed E-state index contributed by atoms with van der Waals surface area (Å²) in [5.74, 6) is 0. The average Bonchev–Trinajstić information content (AvgIpc) is 2.35. The van der Waals surface area contributed by atoms with E-state index < -0.39 is 6.10 Å². The zero-order chi connectivity index (χ0) is 14.0. The maximum absolute atomic E-state index is 10.4. The van der Waals surface area contributed by atoms with Crippen molar-refractivity contribution in [1.29, 1.82) is 0 Å². The van der Waals surface area contributed by atoms with Gasteiger partial charge in [0.05, 0.1) is 6.10 Å². The van der Waals surface area contributed by atoms with Gasteiger partial charge >= 0.3 is 0 Å². The summed E-state index contributed by atoms with van der Waals surface area (Å²) in [5.41, 5.74) is 2.92. The minimum atomic E-state index is -0.591. The van der Waals surface area contributed by atoms with Crippen molar-refractivity contribution < 1.29 is 5.11 Å². The van der Waals surface area contributed by atoms with E-state index in [1.165, 1.54) is 0 Å². The molecule has 0 heterocycles. The molecule has 0 spiro atoms. The number of hydrogen-bond acceptors (Lipinski definition) is 1. The van der Waals surface area contributed by atoms with Gasteiger partial charge in [-0.25, -0.2) is 0 Å². The van der Waals surface area contributed by atoms with Gasteiger partial charge in [0, 0.05) is 20.4 Å². The predicted octanol–water partition coefficient (Wildman–Crippen LogP) is 5.45. The van der Waals surface area contributed by atoms with Crippen molar-refractivity contribution in [3.05, 3.63) is 67.1 Å². The zero-order valence-corrected chi connectivity index (χ0v) is 14.3. The van der Waals surface area contributed by atoms with Crippen molar-refractivity contribution in [1.82, 2.24) is 0 Å². The quantitative estimate of drug-likeness (QED) is 0.721. The third-order valence-corrected chi connectivity index (χ3v) is 4.51.